The number of hydrogen-bond acceptors (Lipinski definition) is 7. The van der Waals surface area contributed by atoms with Crippen LogP contribution in [0.15, 0.2) is 42.2 Å². The van der Waals surface area contributed by atoms with Crippen molar-refractivity contribution in [3.05, 3.63) is 68.8 Å². The van der Waals surface area contributed by atoms with Crippen molar-refractivity contribution in [1.82, 2.24) is 14.9 Å². The third-order valence-corrected chi connectivity index (χ3v) is 6.97. The molecule has 9 heteroatoms. The molecule has 0 spiro atoms. The van der Waals surface area contributed by atoms with Crippen molar-refractivity contribution in [1.29, 1.82) is 5.41 Å². The van der Waals surface area contributed by atoms with E-state index in [1.807, 2.05) is 22.4 Å². The van der Waals surface area contributed by atoms with Crippen LogP contribution in [0, 0.1) is 5.41 Å². The van der Waals surface area contributed by atoms with E-state index in [0.717, 1.165) is 26.6 Å². The fraction of sp³-hybridized carbons (Fsp3) is 0.227. The summed E-state index contributed by atoms with van der Waals surface area (Å²) < 4.78 is 0. The first-order valence-electron chi connectivity index (χ1n) is 9.84. The van der Waals surface area contributed by atoms with Crippen LogP contribution in [0.2, 0.25) is 0 Å². The molecule has 0 atom stereocenters. The first-order valence-corrected chi connectivity index (χ1v) is 11.5. The van der Waals surface area contributed by atoms with E-state index in [2.05, 4.69) is 15.3 Å². The Labute approximate surface area is 188 Å². The Hall–Kier alpha value is -3.17. The van der Waals surface area contributed by atoms with Crippen LogP contribution in [0.4, 0.5) is 5.00 Å². The summed E-state index contributed by atoms with van der Waals surface area (Å²) in [5.41, 5.74) is 2.62. The maximum Gasteiger partial charge on any atom is 0.249 e. The fourth-order valence-corrected chi connectivity index (χ4v) is 5.30. The Morgan fingerprint density at radius 2 is 2.23 bits per heavy atom. The second kappa shape index (κ2) is 9.76. The Kier molecular flexibility index (Phi) is 6.63. The van der Waals surface area contributed by atoms with E-state index < -0.39 is 0 Å². The van der Waals surface area contributed by atoms with Gasteiger partial charge >= 0.3 is 0 Å². The van der Waals surface area contributed by atoms with Crippen molar-refractivity contribution in [2.75, 3.05) is 11.9 Å². The molecule has 0 unspecified atom stereocenters. The molecule has 0 saturated heterocycles. The molecule has 0 bridgehead atoms. The minimum absolute atomic E-state index is 0.107. The summed E-state index contributed by atoms with van der Waals surface area (Å²) in [7, 11) is 0. The highest BCUT2D eigenvalue weighted by molar-refractivity contribution is 7.17. The van der Waals surface area contributed by atoms with E-state index in [1.165, 1.54) is 23.6 Å². The molecule has 3 aromatic rings. The van der Waals surface area contributed by atoms with Gasteiger partial charge in [0, 0.05) is 66.1 Å². The number of nitrogens with zero attached hydrogens (tertiary/aromatic N) is 3. The van der Waals surface area contributed by atoms with Gasteiger partial charge in [-0.05, 0) is 29.7 Å². The summed E-state index contributed by atoms with van der Waals surface area (Å²) in [6, 6.07) is 3.67. The second-order valence-electron chi connectivity index (χ2n) is 6.99. The Balaban J connectivity index is 1.41. The lowest BCUT2D eigenvalue weighted by Gasteiger charge is -2.27. The Bertz CT molecular complexity index is 1110. The molecule has 7 nitrogen and oxygen atoms in total. The Morgan fingerprint density at radius 3 is 2.97 bits per heavy atom. The van der Waals surface area contributed by atoms with Gasteiger partial charge < -0.3 is 15.6 Å². The molecular weight excluding hydrogens is 430 g/mol. The average molecular weight is 452 g/mol. The third kappa shape index (κ3) is 5.12. The van der Waals surface area contributed by atoms with Crippen LogP contribution in [0.3, 0.4) is 0 Å². The number of pyridine rings is 1. The number of carbonyl (C=O) groups excluding carboxylic acids is 2. The molecule has 0 radical (unpaired) electrons. The summed E-state index contributed by atoms with van der Waals surface area (Å²) in [5.74, 6) is -0.155. The van der Waals surface area contributed by atoms with Crippen molar-refractivity contribution < 1.29 is 9.59 Å². The zero-order valence-electron chi connectivity index (χ0n) is 16.7. The zero-order valence-corrected chi connectivity index (χ0v) is 18.3. The van der Waals surface area contributed by atoms with Crippen LogP contribution in [0.1, 0.15) is 33.0 Å². The largest absolute Gasteiger partial charge is 0.337 e. The van der Waals surface area contributed by atoms with Gasteiger partial charge in [-0.25, -0.2) is 4.98 Å². The summed E-state index contributed by atoms with van der Waals surface area (Å²) in [6.07, 6.45) is 11.3. The normalized spacial score (nSPS) is 13.2. The van der Waals surface area contributed by atoms with E-state index >= 15 is 0 Å². The van der Waals surface area contributed by atoms with Gasteiger partial charge in [0.2, 0.25) is 11.8 Å². The van der Waals surface area contributed by atoms with E-state index in [4.69, 9.17) is 5.41 Å². The predicted octanol–water partition coefficient (Wildman–Crippen LogP) is 3.77. The number of hydrogen-bond donors (Lipinski definition) is 2. The average Bonchev–Trinajstić information content (AvgIpc) is 3.43. The maximum absolute atomic E-state index is 12.6. The molecule has 2 amide bonds. The second-order valence-corrected chi connectivity index (χ2v) is 9.08. The first-order chi connectivity index (χ1) is 15.1. The van der Waals surface area contributed by atoms with Crippen LogP contribution in [-0.2, 0) is 29.0 Å². The van der Waals surface area contributed by atoms with Crippen molar-refractivity contribution in [3.8, 4) is 0 Å². The highest BCUT2D eigenvalue weighted by Gasteiger charge is 2.26. The fourth-order valence-electron chi connectivity index (χ4n) is 3.43. The molecule has 0 aliphatic carbocycles. The number of thiazole rings is 1. The van der Waals surface area contributed by atoms with Gasteiger partial charge in [0.25, 0.3) is 0 Å². The Morgan fingerprint density at radius 1 is 1.32 bits per heavy atom. The van der Waals surface area contributed by atoms with Crippen LogP contribution in [0.5, 0.6) is 0 Å². The van der Waals surface area contributed by atoms with E-state index in [9.17, 15) is 9.59 Å². The standard InChI is InChI=1S/C22H21N5O2S2/c23-12-17-16-7-10-27(21(29)6-5-20-25-9-11-30-20)14-18(16)31-22(17)26-19(28)4-3-15-2-1-8-24-13-15/h1-4,8-9,11-13,23H,5-7,10,14H2,(H,26,28)/b4-3+,23-12?. The minimum atomic E-state index is -0.262. The molecule has 1 aliphatic rings. The van der Waals surface area contributed by atoms with E-state index in [1.54, 1.807) is 36.0 Å². The monoisotopic (exact) mass is 451 g/mol. The number of aromatic nitrogens is 2. The quantitative estimate of drug-likeness (QED) is 0.422. The number of carbonyl (C=O) groups is 2. The van der Waals surface area contributed by atoms with Crippen molar-refractivity contribution in [3.63, 3.8) is 0 Å². The van der Waals surface area contributed by atoms with Gasteiger partial charge in [0.15, 0.2) is 0 Å². The summed E-state index contributed by atoms with van der Waals surface area (Å²) in [5, 5.41) is 14.2. The number of fused-ring (bicyclic) bond motifs is 1. The number of amides is 2. The molecule has 31 heavy (non-hydrogen) atoms. The van der Waals surface area contributed by atoms with Crippen LogP contribution in [0.25, 0.3) is 6.08 Å². The number of thiophene rings is 1. The summed E-state index contributed by atoms with van der Waals surface area (Å²) >= 11 is 3.00. The van der Waals surface area contributed by atoms with E-state index in [-0.39, 0.29) is 11.8 Å². The molecule has 158 valence electrons. The van der Waals surface area contributed by atoms with Gasteiger partial charge in [-0.15, -0.1) is 22.7 Å². The highest BCUT2D eigenvalue weighted by atomic mass is 32.1. The molecule has 0 fully saturated rings. The molecule has 2 N–H and O–H groups in total. The summed E-state index contributed by atoms with van der Waals surface area (Å²) in [6.45, 7) is 1.13. The lowest BCUT2D eigenvalue weighted by atomic mass is 10.0. The van der Waals surface area contributed by atoms with Gasteiger partial charge in [0.1, 0.15) is 5.00 Å². The lowest BCUT2D eigenvalue weighted by molar-refractivity contribution is -0.132. The topological polar surface area (TPSA) is 99.0 Å². The molecule has 4 heterocycles. The van der Waals surface area contributed by atoms with Crippen molar-refractivity contribution in [2.45, 2.75) is 25.8 Å². The molecule has 1 aliphatic heterocycles. The van der Waals surface area contributed by atoms with Crippen molar-refractivity contribution >= 4 is 51.8 Å². The number of rotatable bonds is 7. The zero-order chi connectivity index (χ0) is 21.6. The van der Waals surface area contributed by atoms with Gasteiger partial charge in [-0.3, -0.25) is 14.6 Å². The van der Waals surface area contributed by atoms with Crippen LogP contribution >= 0.6 is 22.7 Å². The molecule has 0 saturated carbocycles. The SMILES string of the molecule is N=Cc1c(NC(=O)/C=C/c2cccnc2)sc2c1CCN(C(=O)CCc1nccs1)C2. The molecular formula is C22H21N5O2S2. The molecule has 4 rings (SSSR count). The lowest BCUT2D eigenvalue weighted by Crippen LogP contribution is -2.35. The molecule has 3 aromatic heterocycles. The van der Waals surface area contributed by atoms with Gasteiger partial charge in [0.05, 0.1) is 11.6 Å². The van der Waals surface area contributed by atoms with Gasteiger partial charge in [-0.1, -0.05) is 6.07 Å². The van der Waals surface area contributed by atoms with Crippen LogP contribution in [-0.4, -0.2) is 39.4 Å². The van der Waals surface area contributed by atoms with E-state index in [0.29, 0.717) is 37.4 Å². The smallest absolute Gasteiger partial charge is 0.249 e. The van der Waals surface area contributed by atoms with Gasteiger partial charge in [-0.2, -0.15) is 0 Å². The molecule has 0 aromatic carbocycles. The predicted molar refractivity (Wildman–Crippen MR) is 124 cm³/mol. The van der Waals surface area contributed by atoms with Crippen molar-refractivity contribution in [2.24, 2.45) is 0 Å². The number of anilines is 1. The number of aryl methyl sites for hydroxylation is 1. The summed E-state index contributed by atoms with van der Waals surface area (Å²) in [4.78, 5) is 36.2. The first kappa shape index (κ1) is 21.1. The minimum Gasteiger partial charge on any atom is -0.337 e. The maximum atomic E-state index is 12.6. The highest BCUT2D eigenvalue weighted by Crippen LogP contribution is 2.36. The third-order valence-electron chi connectivity index (χ3n) is 4.98. The van der Waals surface area contributed by atoms with Crippen LogP contribution < -0.4 is 5.32 Å². The number of nitrogens with one attached hydrogen (secondary N) is 2.